The van der Waals surface area contributed by atoms with Crippen LogP contribution in [0.5, 0.6) is 5.75 Å². The maximum Gasteiger partial charge on any atom is 0.308 e. The van der Waals surface area contributed by atoms with Gasteiger partial charge >= 0.3 is 5.97 Å². The molecule has 1 aromatic carbocycles. The second kappa shape index (κ2) is 15.4. The lowest BCUT2D eigenvalue weighted by molar-refractivity contribution is -0.158. The molecule has 1 unspecified atom stereocenters. The highest BCUT2D eigenvalue weighted by Crippen LogP contribution is 2.45. The Morgan fingerprint density at radius 2 is 1.90 bits per heavy atom. The summed E-state index contributed by atoms with van der Waals surface area (Å²) >= 11 is 0. The summed E-state index contributed by atoms with van der Waals surface area (Å²) in [5, 5.41) is 20.1. The van der Waals surface area contributed by atoms with Crippen LogP contribution in [0.1, 0.15) is 71.8 Å². The zero-order chi connectivity index (χ0) is 29.2. The number of hydrogen-bond acceptors (Lipinski definition) is 7. The number of rotatable bonds is 14. The highest BCUT2D eigenvalue weighted by atomic mass is 16.5. The van der Waals surface area contributed by atoms with E-state index < -0.39 is 18.1 Å². The number of hydroxylamine groups is 1. The van der Waals surface area contributed by atoms with Gasteiger partial charge in [0, 0.05) is 12.3 Å². The first-order valence-corrected chi connectivity index (χ1v) is 14.6. The number of ether oxygens (including phenoxy) is 3. The van der Waals surface area contributed by atoms with E-state index in [0.29, 0.717) is 12.3 Å². The fourth-order valence-electron chi connectivity index (χ4n) is 5.86. The number of methoxy groups -OCH3 is 1. The molecule has 8 atom stereocenters. The molecule has 3 N–H and O–H groups in total. The molecule has 0 aromatic heterocycles. The van der Waals surface area contributed by atoms with Crippen LogP contribution in [0, 0.1) is 29.6 Å². The molecule has 8 heteroatoms. The van der Waals surface area contributed by atoms with Crippen LogP contribution >= 0.6 is 0 Å². The van der Waals surface area contributed by atoms with E-state index in [1.165, 1.54) is 5.57 Å². The minimum absolute atomic E-state index is 0.0622. The Morgan fingerprint density at radius 3 is 2.55 bits per heavy atom. The maximum absolute atomic E-state index is 12.7. The zero-order valence-corrected chi connectivity index (χ0v) is 24.5. The number of nitrogens with one attached hydrogen (secondary N) is 1. The van der Waals surface area contributed by atoms with Crippen molar-refractivity contribution in [1.82, 2.24) is 5.48 Å². The second-order valence-electron chi connectivity index (χ2n) is 11.6. The number of allylic oxidation sites excluding steroid dienone is 3. The number of benzene rings is 1. The van der Waals surface area contributed by atoms with E-state index in [2.05, 4.69) is 32.1 Å². The topological polar surface area (TPSA) is 114 Å². The Morgan fingerprint density at radius 1 is 1.18 bits per heavy atom. The standard InChI is InChI=1S/C32H47NO7/c1-6-21(3)32(36)40-29-16-20(2)15-24-10-7-22(4)28(31(24)29)14-11-25(34)17-27(18-30(35)33-37)39-19-23-8-12-26(38-5)13-9-23/h7-10,12-13,15,20-22,25,27-29,31,34,37H,6,11,14,16-19H2,1-5H3,(H,33,35)/t20-,21?,22-,25+,27+,28-,29-,31-/m0/s1. The quantitative estimate of drug-likeness (QED) is 0.160. The monoisotopic (exact) mass is 557 g/mol. The summed E-state index contributed by atoms with van der Waals surface area (Å²) in [6, 6.07) is 7.45. The van der Waals surface area contributed by atoms with Crippen molar-refractivity contribution >= 4 is 11.9 Å². The van der Waals surface area contributed by atoms with Gasteiger partial charge in [-0.05, 0) is 66.7 Å². The summed E-state index contributed by atoms with van der Waals surface area (Å²) in [6.45, 7) is 8.51. The molecular formula is C32H47NO7. The number of aliphatic hydroxyl groups is 1. The van der Waals surface area contributed by atoms with Crippen molar-refractivity contribution in [2.24, 2.45) is 29.6 Å². The van der Waals surface area contributed by atoms with Crippen LogP contribution in [0.25, 0.3) is 0 Å². The molecule has 8 nitrogen and oxygen atoms in total. The van der Waals surface area contributed by atoms with Crippen molar-refractivity contribution in [1.29, 1.82) is 0 Å². The van der Waals surface area contributed by atoms with Gasteiger partial charge in [0.15, 0.2) is 0 Å². The first-order chi connectivity index (χ1) is 19.1. The summed E-state index contributed by atoms with van der Waals surface area (Å²) in [5.41, 5.74) is 3.80. The molecule has 0 bridgehead atoms. The maximum atomic E-state index is 12.7. The van der Waals surface area contributed by atoms with Gasteiger partial charge < -0.3 is 19.3 Å². The first kappa shape index (κ1) is 31.8. The van der Waals surface area contributed by atoms with Crippen LogP contribution in [0.2, 0.25) is 0 Å². The van der Waals surface area contributed by atoms with Crippen LogP contribution in [0.4, 0.5) is 0 Å². The number of carbonyl (C=O) groups excluding carboxylic acids is 2. The van der Waals surface area contributed by atoms with Crippen LogP contribution in [0.3, 0.4) is 0 Å². The molecule has 0 spiro atoms. The molecule has 0 heterocycles. The van der Waals surface area contributed by atoms with E-state index in [-0.39, 0.29) is 55.2 Å². The Hall–Kier alpha value is -2.68. The molecule has 0 saturated heterocycles. The molecule has 0 aliphatic heterocycles. The smallest absolute Gasteiger partial charge is 0.308 e. The van der Waals surface area contributed by atoms with Crippen molar-refractivity contribution in [3.05, 3.63) is 53.6 Å². The van der Waals surface area contributed by atoms with Gasteiger partial charge in [0.2, 0.25) is 5.91 Å². The predicted octanol–water partition coefficient (Wildman–Crippen LogP) is 5.37. The summed E-state index contributed by atoms with van der Waals surface area (Å²) in [5.74, 6) is 0.820. The molecule has 1 aromatic rings. The molecule has 222 valence electrons. The molecule has 40 heavy (non-hydrogen) atoms. The number of esters is 1. The van der Waals surface area contributed by atoms with Crippen molar-refractivity contribution < 1.29 is 34.1 Å². The van der Waals surface area contributed by atoms with E-state index in [9.17, 15) is 14.7 Å². The van der Waals surface area contributed by atoms with Crippen LogP contribution in [-0.4, -0.2) is 47.6 Å². The molecule has 2 aliphatic carbocycles. The third-order valence-electron chi connectivity index (χ3n) is 8.43. The lowest BCUT2D eigenvalue weighted by Crippen LogP contribution is -2.41. The molecule has 0 radical (unpaired) electrons. The lowest BCUT2D eigenvalue weighted by Gasteiger charge is -2.43. The number of carbonyl (C=O) groups is 2. The number of amides is 1. The van der Waals surface area contributed by atoms with Crippen LogP contribution < -0.4 is 10.2 Å². The molecule has 0 fully saturated rings. The van der Waals surface area contributed by atoms with Gasteiger partial charge in [0.25, 0.3) is 0 Å². The average Bonchev–Trinajstić information content (AvgIpc) is 2.95. The molecule has 2 aliphatic rings. The fraction of sp³-hybridized carbons (Fsp3) is 0.625. The predicted molar refractivity (Wildman–Crippen MR) is 152 cm³/mol. The molecular weight excluding hydrogens is 510 g/mol. The van der Waals surface area contributed by atoms with Gasteiger partial charge in [-0.2, -0.15) is 0 Å². The van der Waals surface area contributed by atoms with Crippen molar-refractivity contribution in [3.8, 4) is 5.75 Å². The Bertz CT molecular complexity index is 1020. The van der Waals surface area contributed by atoms with Crippen LogP contribution in [0.15, 0.2) is 48.1 Å². The highest BCUT2D eigenvalue weighted by molar-refractivity contribution is 5.75. The van der Waals surface area contributed by atoms with Gasteiger partial charge in [-0.15, -0.1) is 0 Å². The van der Waals surface area contributed by atoms with Crippen molar-refractivity contribution in [2.75, 3.05) is 7.11 Å². The van der Waals surface area contributed by atoms with Gasteiger partial charge in [0.1, 0.15) is 11.9 Å². The molecule has 0 saturated carbocycles. The lowest BCUT2D eigenvalue weighted by atomic mass is 9.65. The minimum atomic E-state index is -0.693. The van der Waals surface area contributed by atoms with E-state index >= 15 is 0 Å². The SMILES string of the molecule is CCC(C)C(=O)O[C@H]1C[C@@H](C)C=C2C=C[C@H](C)[C@H](CC[C@@H](O)C[C@H](CC(=O)NO)OCc3ccc(OC)cc3)[C@H]21. The molecule has 1 amide bonds. The summed E-state index contributed by atoms with van der Waals surface area (Å²) in [6.07, 6.45) is 8.27. The van der Waals surface area contributed by atoms with Gasteiger partial charge in [-0.1, -0.05) is 58.1 Å². The van der Waals surface area contributed by atoms with Gasteiger partial charge in [0.05, 0.1) is 38.3 Å². The van der Waals surface area contributed by atoms with E-state index in [0.717, 1.165) is 30.6 Å². The number of aliphatic hydroxyl groups excluding tert-OH is 1. The fourth-order valence-corrected chi connectivity index (χ4v) is 5.86. The summed E-state index contributed by atoms with van der Waals surface area (Å²) in [4.78, 5) is 24.7. The normalized spacial score (nSPS) is 26.2. The summed E-state index contributed by atoms with van der Waals surface area (Å²) < 4.78 is 17.3. The zero-order valence-electron chi connectivity index (χ0n) is 24.5. The third-order valence-corrected chi connectivity index (χ3v) is 8.43. The van der Waals surface area contributed by atoms with Crippen LogP contribution in [-0.2, 0) is 25.7 Å². The molecule has 3 rings (SSSR count). The number of hydrogen-bond donors (Lipinski definition) is 3. The van der Waals surface area contributed by atoms with E-state index in [4.69, 9.17) is 19.4 Å². The van der Waals surface area contributed by atoms with E-state index in [1.54, 1.807) is 12.6 Å². The third kappa shape index (κ3) is 8.91. The highest BCUT2D eigenvalue weighted by Gasteiger charge is 2.41. The largest absolute Gasteiger partial charge is 0.497 e. The Balaban J connectivity index is 1.65. The minimum Gasteiger partial charge on any atom is -0.497 e. The van der Waals surface area contributed by atoms with Crippen molar-refractivity contribution in [2.45, 2.75) is 91.1 Å². The first-order valence-electron chi connectivity index (χ1n) is 14.6. The van der Waals surface area contributed by atoms with Gasteiger partial charge in [-0.25, -0.2) is 5.48 Å². The Kier molecular flexibility index (Phi) is 12.2. The van der Waals surface area contributed by atoms with E-state index in [1.807, 2.05) is 38.1 Å². The summed E-state index contributed by atoms with van der Waals surface area (Å²) in [7, 11) is 1.60. The number of fused-ring (bicyclic) bond motifs is 1. The Labute approximate surface area is 238 Å². The van der Waals surface area contributed by atoms with Crippen molar-refractivity contribution in [3.63, 3.8) is 0 Å². The second-order valence-corrected chi connectivity index (χ2v) is 11.6. The van der Waals surface area contributed by atoms with Gasteiger partial charge in [-0.3, -0.25) is 14.8 Å². The average molecular weight is 558 g/mol.